The monoisotopic (exact) mass is 447 g/mol. The summed E-state index contributed by atoms with van der Waals surface area (Å²) in [5, 5.41) is 9.48. The minimum Gasteiger partial charge on any atom is -0.465 e. The maximum atomic E-state index is 12.7. The van der Waals surface area contributed by atoms with Gasteiger partial charge in [0.15, 0.2) is 0 Å². The van der Waals surface area contributed by atoms with Crippen molar-refractivity contribution in [1.82, 2.24) is 24.8 Å². The van der Waals surface area contributed by atoms with E-state index in [4.69, 9.17) is 11.6 Å². The van der Waals surface area contributed by atoms with E-state index in [9.17, 15) is 19.5 Å². The third-order valence-corrected chi connectivity index (χ3v) is 5.78. The van der Waals surface area contributed by atoms with Gasteiger partial charge >= 0.3 is 6.09 Å². The van der Waals surface area contributed by atoms with Crippen LogP contribution in [0.4, 0.5) is 4.79 Å². The number of piperidine rings is 1. The molecule has 31 heavy (non-hydrogen) atoms. The molecule has 10 heteroatoms. The summed E-state index contributed by atoms with van der Waals surface area (Å²) in [6.07, 6.45) is 3.27. The maximum Gasteiger partial charge on any atom is 0.408 e. The largest absolute Gasteiger partial charge is 0.465 e. The number of amides is 2. The van der Waals surface area contributed by atoms with Gasteiger partial charge in [-0.1, -0.05) is 11.6 Å². The van der Waals surface area contributed by atoms with E-state index < -0.39 is 17.2 Å². The molecule has 9 nitrogen and oxygen atoms in total. The van der Waals surface area contributed by atoms with Gasteiger partial charge in [-0.15, -0.1) is 0 Å². The van der Waals surface area contributed by atoms with E-state index in [0.717, 1.165) is 10.5 Å². The quantitative estimate of drug-likeness (QED) is 0.743. The zero-order valence-electron chi connectivity index (χ0n) is 17.8. The maximum absolute atomic E-state index is 12.7. The zero-order valence-corrected chi connectivity index (χ0v) is 18.5. The average molecular weight is 448 g/mol. The van der Waals surface area contributed by atoms with E-state index in [1.807, 2.05) is 0 Å². The number of pyridine rings is 1. The van der Waals surface area contributed by atoms with Gasteiger partial charge in [0.2, 0.25) is 5.91 Å². The highest BCUT2D eigenvalue weighted by Gasteiger charge is 2.32. The number of nitrogens with one attached hydrogen (secondary N) is 1. The summed E-state index contributed by atoms with van der Waals surface area (Å²) in [6, 6.07) is 3.50. The predicted octanol–water partition coefficient (Wildman–Crippen LogP) is 2.97. The number of H-pyrrole nitrogens is 1. The highest BCUT2D eigenvalue weighted by Crippen LogP contribution is 2.31. The molecule has 0 atom stereocenters. The van der Waals surface area contributed by atoms with Crippen molar-refractivity contribution in [2.45, 2.75) is 45.1 Å². The van der Waals surface area contributed by atoms with Crippen LogP contribution < -0.4 is 5.56 Å². The molecule has 1 aliphatic heterocycles. The second-order valence-corrected chi connectivity index (χ2v) is 8.92. The topological polar surface area (TPSA) is 119 Å². The molecule has 0 saturated carbocycles. The van der Waals surface area contributed by atoms with Gasteiger partial charge in [0, 0.05) is 42.5 Å². The van der Waals surface area contributed by atoms with Crippen LogP contribution >= 0.6 is 11.6 Å². The van der Waals surface area contributed by atoms with Gasteiger partial charge in [0.25, 0.3) is 5.56 Å². The van der Waals surface area contributed by atoms with E-state index in [1.54, 1.807) is 50.2 Å². The third kappa shape index (κ3) is 5.22. The predicted molar refractivity (Wildman–Crippen MR) is 116 cm³/mol. The summed E-state index contributed by atoms with van der Waals surface area (Å²) in [7, 11) is 0. The van der Waals surface area contributed by atoms with Gasteiger partial charge in [-0.3, -0.25) is 19.5 Å². The van der Waals surface area contributed by atoms with Crippen molar-refractivity contribution in [3.8, 4) is 11.4 Å². The molecule has 2 N–H and O–H groups in total. The Morgan fingerprint density at radius 1 is 1.26 bits per heavy atom. The number of aromatic amines is 1. The highest BCUT2D eigenvalue weighted by atomic mass is 35.5. The molecule has 166 valence electrons. The molecule has 3 rings (SSSR count). The van der Waals surface area contributed by atoms with E-state index in [0.29, 0.717) is 37.4 Å². The molecule has 0 aromatic carbocycles. The Kier molecular flexibility index (Phi) is 6.64. The Balaban J connectivity index is 1.72. The van der Waals surface area contributed by atoms with Crippen molar-refractivity contribution in [3.63, 3.8) is 0 Å². The standard InChI is InChI=1S/C21H26ClN5O4/c1-21(2,3)27(20(30)31)12-15(28)26-10-6-13(7-11-26)17-16(22)19(29)25-18(24-17)14-4-8-23-9-5-14/h4-5,8-9,13H,6-7,10-12H2,1-3H3,(H,30,31)(H,24,25,29). The van der Waals surface area contributed by atoms with Crippen LogP contribution in [0.3, 0.4) is 0 Å². The van der Waals surface area contributed by atoms with Gasteiger partial charge in [0.05, 0.1) is 5.69 Å². The lowest BCUT2D eigenvalue weighted by molar-refractivity contribution is -0.134. The second-order valence-electron chi connectivity index (χ2n) is 8.54. The number of hydrogen-bond donors (Lipinski definition) is 2. The first-order valence-electron chi connectivity index (χ1n) is 10.1. The Morgan fingerprint density at radius 3 is 2.42 bits per heavy atom. The Bertz CT molecular complexity index is 1010. The van der Waals surface area contributed by atoms with Crippen LogP contribution in [0, 0.1) is 0 Å². The van der Waals surface area contributed by atoms with Crippen molar-refractivity contribution in [3.05, 3.63) is 45.6 Å². The fourth-order valence-corrected chi connectivity index (χ4v) is 3.87. The summed E-state index contributed by atoms with van der Waals surface area (Å²) in [5.74, 6) is 0.114. The van der Waals surface area contributed by atoms with Crippen molar-refractivity contribution < 1.29 is 14.7 Å². The van der Waals surface area contributed by atoms with Crippen molar-refractivity contribution in [2.75, 3.05) is 19.6 Å². The fraction of sp³-hybridized carbons (Fsp3) is 0.476. The molecule has 1 saturated heterocycles. The first-order chi connectivity index (χ1) is 14.6. The SMILES string of the molecule is CC(C)(C)N(CC(=O)N1CCC(c2nc(-c3ccncc3)[nH]c(=O)c2Cl)CC1)C(=O)O. The number of carboxylic acid groups (broad SMARTS) is 1. The fourth-order valence-electron chi connectivity index (χ4n) is 3.62. The molecular weight excluding hydrogens is 422 g/mol. The number of nitrogens with zero attached hydrogens (tertiary/aromatic N) is 4. The van der Waals surface area contributed by atoms with Gasteiger partial charge in [-0.25, -0.2) is 9.78 Å². The van der Waals surface area contributed by atoms with E-state index >= 15 is 0 Å². The van der Waals surface area contributed by atoms with Crippen LogP contribution in [0.5, 0.6) is 0 Å². The lowest BCUT2D eigenvalue weighted by Crippen LogP contribution is -2.51. The number of aromatic nitrogens is 3. The number of rotatable bonds is 4. The number of halogens is 1. The van der Waals surface area contributed by atoms with Crippen LogP contribution in [0.15, 0.2) is 29.3 Å². The molecule has 0 radical (unpaired) electrons. The lowest BCUT2D eigenvalue weighted by Gasteiger charge is -2.36. The van der Waals surface area contributed by atoms with E-state index in [-0.39, 0.29) is 23.4 Å². The van der Waals surface area contributed by atoms with Crippen LogP contribution in [-0.4, -0.2) is 67.0 Å². The van der Waals surface area contributed by atoms with Gasteiger partial charge in [0.1, 0.15) is 17.4 Å². The van der Waals surface area contributed by atoms with Crippen LogP contribution in [0.1, 0.15) is 45.2 Å². The molecule has 0 spiro atoms. The number of hydrogen-bond acceptors (Lipinski definition) is 5. The van der Waals surface area contributed by atoms with Gasteiger partial charge < -0.3 is 15.0 Å². The molecule has 1 aliphatic rings. The average Bonchev–Trinajstić information content (AvgIpc) is 2.73. The summed E-state index contributed by atoms with van der Waals surface area (Å²) < 4.78 is 0. The summed E-state index contributed by atoms with van der Waals surface area (Å²) >= 11 is 6.27. The summed E-state index contributed by atoms with van der Waals surface area (Å²) in [6.45, 7) is 5.94. The molecular formula is C21H26ClN5O4. The Labute approximate surface area is 185 Å². The van der Waals surface area contributed by atoms with Crippen LogP contribution in [-0.2, 0) is 4.79 Å². The molecule has 0 aliphatic carbocycles. The molecule has 2 aromatic rings. The smallest absolute Gasteiger partial charge is 0.408 e. The van der Waals surface area contributed by atoms with Gasteiger partial charge in [-0.05, 0) is 45.7 Å². The minimum absolute atomic E-state index is 0.0624. The van der Waals surface area contributed by atoms with Gasteiger partial charge in [-0.2, -0.15) is 0 Å². The van der Waals surface area contributed by atoms with Crippen LogP contribution in [0.2, 0.25) is 5.02 Å². The van der Waals surface area contributed by atoms with Crippen molar-refractivity contribution in [2.24, 2.45) is 0 Å². The third-order valence-electron chi connectivity index (χ3n) is 5.41. The van der Waals surface area contributed by atoms with E-state index in [1.165, 1.54) is 0 Å². The van der Waals surface area contributed by atoms with Crippen molar-refractivity contribution >= 4 is 23.6 Å². The Morgan fingerprint density at radius 2 is 1.87 bits per heavy atom. The second kappa shape index (κ2) is 9.05. The number of carbonyl (C=O) groups is 2. The minimum atomic E-state index is -1.13. The summed E-state index contributed by atoms with van der Waals surface area (Å²) in [4.78, 5) is 50.6. The zero-order chi connectivity index (χ0) is 22.8. The molecule has 3 heterocycles. The number of likely N-dealkylation sites (tertiary alicyclic amines) is 1. The van der Waals surface area contributed by atoms with Crippen molar-refractivity contribution in [1.29, 1.82) is 0 Å². The summed E-state index contributed by atoms with van der Waals surface area (Å²) in [5.41, 5.74) is 0.171. The number of carbonyl (C=O) groups excluding carboxylic acids is 1. The lowest BCUT2D eigenvalue weighted by atomic mass is 9.93. The van der Waals surface area contributed by atoms with Crippen LogP contribution in [0.25, 0.3) is 11.4 Å². The molecule has 2 aromatic heterocycles. The van der Waals surface area contributed by atoms with E-state index in [2.05, 4.69) is 15.0 Å². The highest BCUT2D eigenvalue weighted by molar-refractivity contribution is 6.31. The molecule has 0 unspecified atom stereocenters. The first kappa shape index (κ1) is 22.7. The molecule has 2 amide bonds. The first-order valence-corrected chi connectivity index (χ1v) is 10.4. The normalized spacial score (nSPS) is 15.0. The molecule has 0 bridgehead atoms. The Hall–Kier alpha value is -2.94. The molecule has 1 fully saturated rings.